The van der Waals surface area contributed by atoms with Crippen LogP contribution in [0.1, 0.15) is 10.4 Å². The molecule has 0 aliphatic carbocycles. The second-order valence-electron chi connectivity index (χ2n) is 5.05. The third-order valence-corrected chi connectivity index (χ3v) is 4.12. The molecule has 0 fully saturated rings. The van der Waals surface area contributed by atoms with Gasteiger partial charge in [0.25, 0.3) is 0 Å². The van der Waals surface area contributed by atoms with E-state index in [4.69, 9.17) is 5.26 Å². The van der Waals surface area contributed by atoms with Gasteiger partial charge in [-0.3, -0.25) is 4.79 Å². The Balaban J connectivity index is 1.58. The van der Waals surface area contributed by atoms with Crippen molar-refractivity contribution in [1.29, 1.82) is 5.26 Å². The Morgan fingerprint density at radius 3 is 2.54 bits per heavy atom. The maximum atomic E-state index is 11.9. The highest BCUT2D eigenvalue weighted by molar-refractivity contribution is 7.10. The minimum absolute atomic E-state index is 0.0629. The molecule has 24 heavy (non-hydrogen) atoms. The summed E-state index contributed by atoms with van der Waals surface area (Å²) in [5.74, 6) is 0.600. The number of rotatable bonds is 5. The van der Waals surface area contributed by atoms with Gasteiger partial charge >= 0.3 is 0 Å². The first-order chi connectivity index (χ1) is 11.7. The van der Waals surface area contributed by atoms with E-state index < -0.39 is 0 Å². The number of carbonyl (C=O) groups is 1. The summed E-state index contributed by atoms with van der Waals surface area (Å²) in [4.78, 5) is 17.2. The fourth-order valence-electron chi connectivity index (χ4n) is 2.09. The van der Waals surface area contributed by atoms with Gasteiger partial charge in [-0.1, -0.05) is 6.07 Å². The van der Waals surface area contributed by atoms with E-state index >= 15 is 0 Å². The Morgan fingerprint density at radius 2 is 1.92 bits per heavy atom. The first-order valence-corrected chi connectivity index (χ1v) is 8.16. The minimum atomic E-state index is -0.0629. The molecule has 2 N–H and O–H groups in total. The van der Waals surface area contributed by atoms with Crippen LogP contribution in [-0.2, 0) is 11.2 Å². The highest BCUT2D eigenvalue weighted by Gasteiger charge is 2.05. The van der Waals surface area contributed by atoms with Crippen LogP contribution in [0.2, 0.25) is 0 Å². The second-order valence-corrected chi connectivity index (χ2v) is 6.08. The van der Waals surface area contributed by atoms with Gasteiger partial charge in [0, 0.05) is 10.6 Å². The van der Waals surface area contributed by atoms with E-state index in [0.717, 1.165) is 10.6 Å². The van der Waals surface area contributed by atoms with Crippen molar-refractivity contribution in [3.8, 4) is 6.07 Å². The zero-order valence-electron chi connectivity index (χ0n) is 12.7. The number of thiophene rings is 1. The van der Waals surface area contributed by atoms with E-state index in [1.165, 1.54) is 0 Å². The SMILES string of the molecule is N#Cc1ccc(Nc2ccc(NC(=O)Cc3cccs3)cn2)cc1. The highest BCUT2D eigenvalue weighted by atomic mass is 32.1. The lowest BCUT2D eigenvalue weighted by Crippen LogP contribution is -2.13. The van der Waals surface area contributed by atoms with E-state index in [9.17, 15) is 4.79 Å². The zero-order chi connectivity index (χ0) is 16.8. The van der Waals surface area contributed by atoms with E-state index in [1.807, 2.05) is 29.6 Å². The molecule has 0 atom stereocenters. The predicted molar refractivity (Wildman–Crippen MR) is 95.3 cm³/mol. The number of benzene rings is 1. The van der Waals surface area contributed by atoms with Crippen molar-refractivity contribution < 1.29 is 4.79 Å². The van der Waals surface area contributed by atoms with Crippen LogP contribution in [0.4, 0.5) is 17.2 Å². The van der Waals surface area contributed by atoms with Gasteiger partial charge in [0.1, 0.15) is 5.82 Å². The molecule has 2 heterocycles. The van der Waals surface area contributed by atoms with Crippen molar-refractivity contribution in [3.63, 3.8) is 0 Å². The van der Waals surface area contributed by atoms with Crippen LogP contribution in [0.25, 0.3) is 0 Å². The van der Waals surface area contributed by atoms with Gasteiger partial charge < -0.3 is 10.6 Å². The van der Waals surface area contributed by atoms with Gasteiger partial charge in [0.05, 0.1) is 29.9 Å². The number of amides is 1. The summed E-state index contributed by atoms with van der Waals surface area (Å²) in [6.07, 6.45) is 1.97. The fourth-order valence-corrected chi connectivity index (χ4v) is 2.80. The maximum Gasteiger partial charge on any atom is 0.229 e. The maximum absolute atomic E-state index is 11.9. The lowest BCUT2D eigenvalue weighted by molar-refractivity contribution is -0.115. The summed E-state index contributed by atoms with van der Waals surface area (Å²) in [5, 5.41) is 16.7. The van der Waals surface area contributed by atoms with Crippen LogP contribution in [0.5, 0.6) is 0 Å². The lowest BCUT2D eigenvalue weighted by atomic mass is 10.2. The molecule has 0 bridgehead atoms. The number of anilines is 3. The molecule has 1 aromatic carbocycles. The molecule has 0 aliphatic rings. The molecule has 3 aromatic rings. The summed E-state index contributed by atoms with van der Waals surface area (Å²) < 4.78 is 0. The van der Waals surface area contributed by atoms with Crippen LogP contribution in [0, 0.1) is 11.3 Å². The average molecular weight is 334 g/mol. The van der Waals surface area contributed by atoms with Gasteiger partial charge in [-0.25, -0.2) is 4.98 Å². The average Bonchev–Trinajstić information content (AvgIpc) is 3.10. The van der Waals surface area contributed by atoms with E-state index in [1.54, 1.807) is 41.8 Å². The summed E-state index contributed by atoms with van der Waals surface area (Å²) in [5.41, 5.74) is 2.11. The van der Waals surface area contributed by atoms with Crippen LogP contribution >= 0.6 is 11.3 Å². The molecule has 3 rings (SSSR count). The quantitative estimate of drug-likeness (QED) is 0.741. The van der Waals surface area contributed by atoms with Crippen molar-refractivity contribution in [2.75, 3.05) is 10.6 Å². The smallest absolute Gasteiger partial charge is 0.229 e. The number of hydrogen-bond acceptors (Lipinski definition) is 5. The number of carbonyl (C=O) groups excluding carboxylic acids is 1. The molecule has 0 saturated heterocycles. The fraction of sp³-hybridized carbons (Fsp3) is 0.0556. The largest absolute Gasteiger partial charge is 0.340 e. The van der Waals surface area contributed by atoms with Gasteiger partial charge in [0.15, 0.2) is 0 Å². The number of nitriles is 1. The molecule has 0 saturated carbocycles. The molecule has 5 nitrogen and oxygen atoms in total. The Bertz CT molecular complexity index is 850. The molecule has 118 valence electrons. The topological polar surface area (TPSA) is 77.8 Å². The standard InChI is InChI=1S/C18H14N4OS/c19-11-13-3-5-14(6-4-13)21-17-8-7-15(12-20-17)22-18(23)10-16-2-1-9-24-16/h1-9,12H,10H2,(H,20,21)(H,22,23). The molecule has 1 amide bonds. The molecule has 6 heteroatoms. The number of nitrogens with zero attached hydrogens (tertiary/aromatic N) is 2. The normalized spacial score (nSPS) is 9.96. The Hall–Kier alpha value is -3.17. The third kappa shape index (κ3) is 4.18. The summed E-state index contributed by atoms with van der Waals surface area (Å²) in [7, 11) is 0. The molecule has 0 radical (unpaired) electrons. The van der Waals surface area contributed by atoms with Gasteiger partial charge in [-0.05, 0) is 47.8 Å². The van der Waals surface area contributed by atoms with Crippen LogP contribution in [0.15, 0.2) is 60.1 Å². The number of pyridine rings is 1. The summed E-state index contributed by atoms with van der Waals surface area (Å²) in [6.45, 7) is 0. The van der Waals surface area contributed by atoms with Gasteiger partial charge in [-0.2, -0.15) is 5.26 Å². The molecule has 0 aliphatic heterocycles. The molecular formula is C18H14N4OS. The lowest BCUT2D eigenvalue weighted by Gasteiger charge is -2.07. The Morgan fingerprint density at radius 1 is 1.12 bits per heavy atom. The minimum Gasteiger partial charge on any atom is -0.340 e. The van der Waals surface area contributed by atoms with Crippen molar-refractivity contribution >= 4 is 34.4 Å². The Kier molecular flexibility index (Phi) is 4.84. The van der Waals surface area contributed by atoms with Crippen LogP contribution in [0.3, 0.4) is 0 Å². The van der Waals surface area contributed by atoms with Gasteiger partial charge in [-0.15, -0.1) is 11.3 Å². The van der Waals surface area contributed by atoms with Crippen LogP contribution < -0.4 is 10.6 Å². The van der Waals surface area contributed by atoms with E-state index in [2.05, 4.69) is 21.7 Å². The van der Waals surface area contributed by atoms with Crippen molar-refractivity contribution in [2.24, 2.45) is 0 Å². The first-order valence-electron chi connectivity index (χ1n) is 7.28. The van der Waals surface area contributed by atoms with Crippen molar-refractivity contribution in [2.45, 2.75) is 6.42 Å². The molecule has 0 unspecified atom stereocenters. The number of nitrogens with one attached hydrogen (secondary N) is 2. The molecule has 0 spiro atoms. The molecular weight excluding hydrogens is 320 g/mol. The van der Waals surface area contributed by atoms with E-state index in [0.29, 0.717) is 23.5 Å². The summed E-state index contributed by atoms with van der Waals surface area (Å²) >= 11 is 1.56. The zero-order valence-corrected chi connectivity index (χ0v) is 13.5. The van der Waals surface area contributed by atoms with Gasteiger partial charge in [0.2, 0.25) is 5.91 Å². The highest BCUT2D eigenvalue weighted by Crippen LogP contribution is 2.17. The monoisotopic (exact) mass is 334 g/mol. The predicted octanol–water partition coefficient (Wildman–Crippen LogP) is 3.94. The van der Waals surface area contributed by atoms with Crippen molar-refractivity contribution in [3.05, 3.63) is 70.5 Å². The molecule has 2 aromatic heterocycles. The van der Waals surface area contributed by atoms with Crippen LogP contribution in [-0.4, -0.2) is 10.9 Å². The number of aromatic nitrogens is 1. The first kappa shape index (κ1) is 15.7. The Labute approximate surface area is 143 Å². The van der Waals surface area contributed by atoms with Crippen molar-refractivity contribution in [1.82, 2.24) is 4.98 Å². The summed E-state index contributed by atoms with van der Waals surface area (Å²) in [6, 6.07) is 16.6. The number of hydrogen-bond donors (Lipinski definition) is 2. The second kappa shape index (κ2) is 7.40. The van der Waals surface area contributed by atoms with E-state index in [-0.39, 0.29) is 5.91 Å². The third-order valence-electron chi connectivity index (χ3n) is 3.25.